The molecule has 0 bridgehead atoms. The van der Waals surface area contributed by atoms with Gasteiger partial charge in [-0.25, -0.2) is 0 Å². The van der Waals surface area contributed by atoms with Crippen LogP contribution in [0.4, 0.5) is 0 Å². The maximum atomic E-state index is 8.60. The minimum absolute atomic E-state index is 0.819. The third-order valence-electron chi connectivity index (χ3n) is 1.92. The zero-order valence-electron chi connectivity index (χ0n) is 10.1. The molecule has 14 heavy (non-hydrogen) atoms. The molecule has 0 radical (unpaired) electrons. The molecule has 0 rings (SSSR count). The number of hydrogen-bond donors (Lipinski definition) is 2. The van der Waals surface area contributed by atoms with Gasteiger partial charge in [-0.2, -0.15) is 0 Å². The Hall–Kier alpha value is 0.590. The average molecular weight is 305 g/mol. The van der Waals surface area contributed by atoms with Gasteiger partial charge in [-0.3, -0.25) is 0 Å². The summed E-state index contributed by atoms with van der Waals surface area (Å²) in [6.07, 6.45) is 3.86. The van der Waals surface area contributed by atoms with E-state index in [1.165, 1.54) is 26.4 Å². The fraction of sp³-hybridized carbons (Fsp3) is 1.00. The first-order valence-electron chi connectivity index (χ1n) is 5.19. The Labute approximate surface area is 99.3 Å². The Morgan fingerprint density at radius 2 is 1.86 bits per heavy atom. The predicted molar refractivity (Wildman–Crippen MR) is 60.7 cm³/mol. The first-order chi connectivity index (χ1) is 6.41. The Balaban J connectivity index is 0. The van der Waals surface area contributed by atoms with Crippen molar-refractivity contribution >= 4 is 22.7 Å². The van der Waals surface area contributed by atoms with Crippen LogP contribution in [0.15, 0.2) is 0 Å². The summed E-state index contributed by atoms with van der Waals surface area (Å²) in [5.41, 5.74) is 0. The minimum Gasteiger partial charge on any atom is -0.366 e. The van der Waals surface area contributed by atoms with Crippen LogP contribution in [0, 0.1) is 3.33 Å². The van der Waals surface area contributed by atoms with Crippen LogP contribution in [0.25, 0.3) is 0 Å². The molecule has 1 atom stereocenters. The number of aliphatic hydroxyl groups is 1. The summed E-state index contributed by atoms with van der Waals surface area (Å²) in [5, 5.41) is 8.60. The van der Waals surface area contributed by atoms with Crippen LogP contribution < -0.4 is 0 Å². The van der Waals surface area contributed by atoms with Crippen molar-refractivity contribution in [2.75, 3.05) is 7.11 Å². The van der Waals surface area contributed by atoms with Crippen LogP contribution in [-0.2, 0) is 4.74 Å². The van der Waals surface area contributed by atoms with Crippen molar-refractivity contribution in [2.45, 2.75) is 56.4 Å². The molecule has 3 nitrogen and oxygen atoms in total. The van der Waals surface area contributed by atoms with Crippen molar-refractivity contribution in [3.63, 3.8) is 0 Å². The van der Waals surface area contributed by atoms with Crippen LogP contribution in [0.5, 0.6) is 0 Å². The van der Waals surface area contributed by atoms with Gasteiger partial charge in [-0.15, -0.1) is 0 Å². The van der Waals surface area contributed by atoms with Crippen molar-refractivity contribution in [2.24, 2.45) is 0 Å². The van der Waals surface area contributed by atoms with E-state index in [1.54, 1.807) is 13.8 Å². The number of nitrogens with one attached hydrogen (secondary N) is 1. The third kappa shape index (κ3) is 15.1. The molecule has 84 valence electrons. The summed E-state index contributed by atoms with van der Waals surface area (Å²) in [7, 11) is 1.46. The summed E-state index contributed by atoms with van der Waals surface area (Å²) in [6, 6.07) is 0. The summed E-state index contributed by atoms with van der Waals surface area (Å²) in [6.45, 7) is 7.57. The fourth-order valence-corrected chi connectivity index (χ4v) is 2.88. The van der Waals surface area contributed by atoms with Gasteiger partial charge in [0.2, 0.25) is 0 Å². The van der Waals surface area contributed by atoms with E-state index >= 15 is 0 Å². The van der Waals surface area contributed by atoms with Crippen LogP contribution in [-0.4, -0.2) is 40.7 Å². The van der Waals surface area contributed by atoms with E-state index in [9.17, 15) is 0 Å². The van der Waals surface area contributed by atoms with Gasteiger partial charge in [0.25, 0.3) is 0 Å². The number of hydrogen-bond acceptors (Lipinski definition) is 3. The molecule has 0 aromatic carbocycles. The van der Waals surface area contributed by atoms with Gasteiger partial charge in [0, 0.05) is 7.11 Å². The molecule has 0 aliphatic heterocycles. The van der Waals surface area contributed by atoms with Crippen LogP contribution in [0.2, 0.25) is 3.67 Å². The van der Waals surface area contributed by atoms with E-state index in [-0.39, 0.29) is 0 Å². The number of ether oxygens (including phenoxy) is 1. The second-order valence-corrected chi connectivity index (χ2v) is 7.42. The molecule has 0 saturated heterocycles. The Morgan fingerprint density at radius 1 is 1.43 bits per heavy atom. The van der Waals surface area contributed by atoms with E-state index in [4.69, 9.17) is 8.44 Å². The molecule has 2 N–H and O–H groups in total. The number of rotatable bonds is 5. The quantitative estimate of drug-likeness (QED) is 0.767. The van der Waals surface area contributed by atoms with Crippen molar-refractivity contribution in [1.82, 2.24) is 0 Å². The van der Waals surface area contributed by atoms with E-state index in [0.717, 1.165) is 3.67 Å². The van der Waals surface area contributed by atoms with Gasteiger partial charge in [0.1, 0.15) is 0 Å². The zero-order valence-corrected chi connectivity index (χ0v) is 13.4. The SMILES string of the molecule is CCC[CH](CC)[In]=[NH].COC(C)(C)O. The second-order valence-electron chi connectivity index (χ2n) is 3.77. The van der Waals surface area contributed by atoms with Crippen molar-refractivity contribution in [3.8, 4) is 0 Å². The molecule has 0 aromatic rings. The molecule has 0 saturated carbocycles. The Morgan fingerprint density at radius 3 is 1.93 bits per heavy atom. The zero-order chi connectivity index (χ0) is 11.6. The molecule has 0 aliphatic carbocycles. The maximum absolute atomic E-state index is 8.60. The molecule has 1 unspecified atom stereocenters. The fourth-order valence-electron chi connectivity index (χ4n) is 0.776. The standard InChI is InChI=1S/C6H13.C4H10O2.In.HN/c1-3-5-6-4-2;1-4(2,5)6-3;;/h5H,3-4,6H2,1-2H3;5H,1-3H3;;1H. The van der Waals surface area contributed by atoms with Gasteiger partial charge >= 0.3 is 62.9 Å². The summed E-state index contributed by atoms with van der Waals surface area (Å²) in [5.74, 6) is -0.958. The van der Waals surface area contributed by atoms with Crippen molar-refractivity contribution in [3.05, 3.63) is 0 Å². The van der Waals surface area contributed by atoms with Crippen LogP contribution >= 0.6 is 0 Å². The Bertz CT molecular complexity index is 135. The molecule has 0 aromatic heterocycles. The topological polar surface area (TPSA) is 53.3 Å². The van der Waals surface area contributed by atoms with Gasteiger partial charge < -0.3 is 9.84 Å². The largest absolute Gasteiger partial charge is 0.366 e. The number of methoxy groups -OCH3 is 1. The second kappa shape index (κ2) is 10.1. The minimum atomic E-state index is -0.958. The molecule has 0 fully saturated rings. The first-order valence-corrected chi connectivity index (χ1v) is 8.74. The smallest absolute Gasteiger partial charge is 0.159 e. The molecule has 4 heteroatoms. The van der Waals surface area contributed by atoms with Crippen LogP contribution in [0.3, 0.4) is 0 Å². The summed E-state index contributed by atoms with van der Waals surface area (Å²) < 4.78 is 12.6. The normalized spacial score (nSPS) is 12.4. The Kier molecular flexibility index (Phi) is 12.3. The van der Waals surface area contributed by atoms with Gasteiger partial charge in [-0.05, 0) is 13.8 Å². The first kappa shape index (κ1) is 17.0. The van der Waals surface area contributed by atoms with Gasteiger partial charge in [0.15, 0.2) is 5.79 Å². The molecular formula is C10H24InNO2. The predicted octanol–water partition coefficient (Wildman–Crippen LogP) is 2.81. The van der Waals surface area contributed by atoms with Crippen molar-refractivity contribution < 1.29 is 9.84 Å². The molecule has 0 aliphatic rings. The average Bonchev–Trinajstić information content (AvgIpc) is 2.14. The monoisotopic (exact) mass is 305 g/mol. The molecule has 0 spiro atoms. The third-order valence-corrected chi connectivity index (χ3v) is 5.56. The van der Waals surface area contributed by atoms with Crippen LogP contribution in [0.1, 0.15) is 47.0 Å². The summed E-state index contributed by atoms with van der Waals surface area (Å²) >= 11 is -0.819. The molecule has 0 heterocycles. The summed E-state index contributed by atoms with van der Waals surface area (Å²) in [4.78, 5) is 0. The van der Waals surface area contributed by atoms with E-state index in [1.807, 2.05) is 0 Å². The maximum Gasteiger partial charge on any atom is 0.159 e. The molecular weight excluding hydrogens is 281 g/mol. The van der Waals surface area contributed by atoms with E-state index in [2.05, 4.69) is 18.6 Å². The molecule has 0 amide bonds. The van der Waals surface area contributed by atoms with Gasteiger partial charge in [0.05, 0.1) is 0 Å². The van der Waals surface area contributed by atoms with Crippen molar-refractivity contribution in [1.29, 1.82) is 3.33 Å². The van der Waals surface area contributed by atoms with Gasteiger partial charge in [-0.1, -0.05) is 0 Å². The van der Waals surface area contributed by atoms with E-state index < -0.39 is 28.5 Å². The van der Waals surface area contributed by atoms with E-state index in [0.29, 0.717) is 0 Å².